The van der Waals surface area contributed by atoms with Gasteiger partial charge in [0, 0.05) is 24.8 Å². The van der Waals surface area contributed by atoms with E-state index in [-0.39, 0.29) is 0 Å². The van der Waals surface area contributed by atoms with Crippen LogP contribution in [0.1, 0.15) is 19.3 Å². The summed E-state index contributed by atoms with van der Waals surface area (Å²) < 4.78 is 0. The van der Waals surface area contributed by atoms with E-state index in [0.29, 0.717) is 12.1 Å². The minimum atomic E-state index is 0.603. The van der Waals surface area contributed by atoms with Crippen molar-refractivity contribution in [3.05, 3.63) is 18.6 Å². The van der Waals surface area contributed by atoms with Crippen molar-refractivity contribution >= 4 is 16.9 Å². The third kappa shape index (κ3) is 1.43. The van der Waals surface area contributed by atoms with Crippen molar-refractivity contribution in [1.29, 1.82) is 0 Å². The molecule has 18 heavy (non-hydrogen) atoms. The number of aromatic amines is 1. The summed E-state index contributed by atoms with van der Waals surface area (Å²) in [6.45, 7) is 2.26. The quantitative estimate of drug-likeness (QED) is 0.792. The second-order valence-corrected chi connectivity index (χ2v) is 5.19. The zero-order valence-electron chi connectivity index (χ0n) is 10.3. The molecule has 2 atom stereocenters. The summed E-state index contributed by atoms with van der Waals surface area (Å²) in [5.74, 6) is 1.09. The van der Waals surface area contributed by atoms with Gasteiger partial charge < -0.3 is 15.2 Å². The highest BCUT2D eigenvalue weighted by atomic mass is 15.3. The summed E-state index contributed by atoms with van der Waals surface area (Å²) >= 11 is 0. The molecule has 2 aromatic heterocycles. The van der Waals surface area contributed by atoms with Gasteiger partial charge >= 0.3 is 0 Å². The number of nitrogens with zero attached hydrogens (tertiary/aromatic N) is 3. The minimum absolute atomic E-state index is 0.603. The van der Waals surface area contributed by atoms with Crippen molar-refractivity contribution in [2.24, 2.45) is 0 Å². The molecule has 5 nitrogen and oxygen atoms in total. The van der Waals surface area contributed by atoms with Gasteiger partial charge in [0.25, 0.3) is 0 Å². The Hall–Kier alpha value is -1.62. The van der Waals surface area contributed by atoms with Crippen molar-refractivity contribution in [3.63, 3.8) is 0 Å². The molecule has 2 saturated heterocycles. The maximum Gasteiger partial charge on any atom is 0.142 e. The van der Waals surface area contributed by atoms with E-state index in [0.717, 1.165) is 23.4 Å². The van der Waals surface area contributed by atoms with Crippen LogP contribution in [0.4, 0.5) is 5.82 Å². The Morgan fingerprint density at radius 3 is 3.28 bits per heavy atom. The molecule has 4 rings (SSSR count). The van der Waals surface area contributed by atoms with Crippen LogP contribution in [0.5, 0.6) is 0 Å². The average Bonchev–Trinajstić information content (AvgIpc) is 3.05. The lowest BCUT2D eigenvalue weighted by molar-refractivity contribution is 0.382. The standard InChI is InChI=1S/C13H17N5/c1-2-11-10(14-5-1)4-7-18(11)13-9-3-6-15-12(9)16-8-17-13/h3,6,8,10-11,14H,1-2,4-5,7H2,(H,15,16,17)/t10-,11-/m0/s1. The lowest BCUT2D eigenvalue weighted by Crippen LogP contribution is -2.47. The van der Waals surface area contributed by atoms with E-state index in [4.69, 9.17) is 0 Å². The fourth-order valence-corrected chi connectivity index (χ4v) is 3.40. The Kier molecular flexibility index (Phi) is 2.26. The average molecular weight is 243 g/mol. The van der Waals surface area contributed by atoms with E-state index in [9.17, 15) is 0 Å². The lowest BCUT2D eigenvalue weighted by atomic mass is 9.99. The topological polar surface area (TPSA) is 56.8 Å². The molecule has 2 N–H and O–H groups in total. The molecule has 0 aromatic carbocycles. The van der Waals surface area contributed by atoms with Gasteiger partial charge in [-0.05, 0) is 31.9 Å². The number of nitrogens with one attached hydrogen (secondary N) is 2. The summed E-state index contributed by atoms with van der Waals surface area (Å²) in [7, 11) is 0. The van der Waals surface area contributed by atoms with Gasteiger partial charge in [0.05, 0.1) is 5.39 Å². The number of aromatic nitrogens is 3. The van der Waals surface area contributed by atoms with Crippen LogP contribution in [0.15, 0.2) is 18.6 Å². The summed E-state index contributed by atoms with van der Waals surface area (Å²) in [6, 6.07) is 3.32. The van der Waals surface area contributed by atoms with Crippen molar-refractivity contribution in [3.8, 4) is 0 Å². The van der Waals surface area contributed by atoms with Crippen LogP contribution < -0.4 is 10.2 Å². The van der Waals surface area contributed by atoms with E-state index in [1.165, 1.54) is 25.8 Å². The fourth-order valence-electron chi connectivity index (χ4n) is 3.40. The van der Waals surface area contributed by atoms with E-state index in [2.05, 4.69) is 31.2 Å². The highest BCUT2D eigenvalue weighted by Crippen LogP contribution is 2.32. The summed E-state index contributed by atoms with van der Waals surface area (Å²) in [6.07, 6.45) is 7.36. The van der Waals surface area contributed by atoms with Crippen LogP contribution in [-0.4, -0.2) is 40.1 Å². The molecule has 0 bridgehead atoms. The number of hydrogen-bond acceptors (Lipinski definition) is 4. The van der Waals surface area contributed by atoms with Gasteiger partial charge in [-0.15, -0.1) is 0 Å². The van der Waals surface area contributed by atoms with Crippen LogP contribution >= 0.6 is 0 Å². The number of rotatable bonds is 1. The second kappa shape index (κ2) is 3.95. The van der Waals surface area contributed by atoms with Gasteiger partial charge in [-0.1, -0.05) is 0 Å². The van der Waals surface area contributed by atoms with Crippen molar-refractivity contribution in [2.75, 3.05) is 18.0 Å². The second-order valence-electron chi connectivity index (χ2n) is 5.19. The van der Waals surface area contributed by atoms with Gasteiger partial charge in [0.1, 0.15) is 17.8 Å². The molecular weight excluding hydrogens is 226 g/mol. The summed E-state index contributed by atoms with van der Waals surface area (Å²) in [5.41, 5.74) is 0.937. The Bertz CT molecular complexity index is 563. The zero-order valence-corrected chi connectivity index (χ0v) is 10.3. The fraction of sp³-hybridized carbons (Fsp3) is 0.538. The van der Waals surface area contributed by atoms with Gasteiger partial charge in [0.15, 0.2) is 0 Å². The van der Waals surface area contributed by atoms with Gasteiger partial charge in [-0.2, -0.15) is 0 Å². The van der Waals surface area contributed by atoms with Crippen molar-refractivity contribution in [1.82, 2.24) is 20.3 Å². The first-order valence-electron chi connectivity index (χ1n) is 6.71. The molecule has 0 saturated carbocycles. The van der Waals surface area contributed by atoms with Gasteiger partial charge in [0.2, 0.25) is 0 Å². The van der Waals surface area contributed by atoms with Crippen LogP contribution in [0.3, 0.4) is 0 Å². The molecule has 5 heteroatoms. The maximum atomic E-state index is 4.52. The first-order chi connectivity index (χ1) is 8.93. The molecule has 0 unspecified atom stereocenters. The number of piperidine rings is 1. The maximum absolute atomic E-state index is 4.52. The molecule has 4 heterocycles. The summed E-state index contributed by atoms with van der Waals surface area (Å²) in [4.78, 5) is 14.4. The smallest absolute Gasteiger partial charge is 0.142 e. The highest BCUT2D eigenvalue weighted by molar-refractivity contribution is 5.87. The first-order valence-corrected chi connectivity index (χ1v) is 6.71. The van der Waals surface area contributed by atoms with Crippen molar-refractivity contribution < 1.29 is 0 Å². The molecule has 0 radical (unpaired) electrons. The summed E-state index contributed by atoms with van der Waals surface area (Å²) in [5, 5.41) is 4.77. The van der Waals surface area contributed by atoms with Crippen LogP contribution in [0.2, 0.25) is 0 Å². The molecule has 0 amide bonds. The van der Waals surface area contributed by atoms with Crippen LogP contribution in [0.25, 0.3) is 11.0 Å². The predicted molar refractivity (Wildman–Crippen MR) is 70.7 cm³/mol. The number of fused-ring (bicyclic) bond motifs is 2. The SMILES string of the molecule is c1nc(N2CC[C@@H]3NCCC[C@@H]32)c2cc[nH]c2n1. The third-order valence-electron chi connectivity index (χ3n) is 4.23. The Morgan fingerprint density at radius 1 is 1.28 bits per heavy atom. The Morgan fingerprint density at radius 2 is 2.28 bits per heavy atom. The van der Waals surface area contributed by atoms with E-state index in [1.54, 1.807) is 6.33 Å². The number of anilines is 1. The minimum Gasteiger partial charge on any atom is -0.351 e. The zero-order chi connectivity index (χ0) is 11.9. The highest BCUT2D eigenvalue weighted by Gasteiger charge is 2.36. The molecule has 94 valence electrons. The molecule has 2 fully saturated rings. The van der Waals surface area contributed by atoms with Gasteiger partial charge in [-0.25, -0.2) is 9.97 Å². The monoisotopic (exact) mass is 243 g/mol. The molecule has 0 spiro atoms. The molecule has 2 aliphatic heterocycles. The number of hydrogen-bond donors (Lipinski definition) is 2. The molecule has 0 aliphatic carbocycles. The van der Waals surface area contributed by atoms with Crippen molar-refractivity contribution in [2.45, 2.75) is 31.3 Å². The van der Waals surface area contributed by atoms with Crippen LogP contribution in [-0.2, 0) is 0 Å². The van der Waals surface area contributed by atoms with E-state index >= 15 is 0 Å². The predicted octanol–water partition coefficient (Wildman–Crippen LogP) is 1.29. The molecule has 2 aliphatic rings. The van der Waals surface area contributed by atoms with E-state index < -0.39 is 0 Å². The third-order valence-corrected chi connectivity index (χ3v) is 4.23. The first kappa shape index (κ1) is 10.3. The number of H-pyrrole nitrogens is 1. The molecule has 2 aromatic rings. The Labute approximate surface area is 106 Å². The largest absolute Gasteiger partial charge is 0.351 e. The Balaban J connectivity index is 1.76. The normalized spacial score (nSPS) is 27.7. The van der Waals surface area contributed by atoms with E-state index in [1.807, 2.05) is 6.20 Å². The van der Waals surface area contributed by atoms with Crippen LogP contribution in [0, 0.1) is 0 Å². The van der Waals surface area contributed by atoms with Gasteiger partial charge in [-0.3, -0.25) is 0 Å². The lowest BCUT2D eigenvalue weighted by Gasteiger charge is -2.33. The molecular formula is C13H17N5.